The van der Waals surface area contributed by atoms with E-state index in [2.05, 4.69) is 16.6 Å². The molecule has 6 heteroatoms. The van der Waals surface area contributed by atoms with Gasteiger partial charge in [0.2, 0.25) is 0 Å². The highest BCUT2D eigenvalue weighted by atomic mass is 35.5. The number of amides is 1. The Labute approximate surface area is 159 Å². The Morgan fingerprint density at radius 2 is 1.65 bits per heavy atom. The molecule has 26 heavy (non-hydrogen) atoms. The molecule has 0 aliphatic carbocycles. The Hall–Kier alpha value is -2.21. The van der Waals surface area contributed by atoms with Crippen LogP contribution in [0, 0.1) is 0 Å². The number of piperazine rings is 1. The highest BCUT2D eigenvalue weighted by Crippen LogP contribution is 2.13. The third kappa shape index (κ3) is 5.66. The van der Waals surface area contributed by atoms with Crippen LogP contribution in [0.5, 0.6) is 0 Å². The van der Waals surface area contributed by atoms with Gasteiger partial charge in [-0.2, -0.15) is 5.10 Å². The molecule has 0 aromatic heterocycles. The topological polar surface area (TPSA) is 50.3 Å². The Morgan fingerprint density at radius 1 is 1.00 bits per heavy atom. The van der Waals surface area contributed by atoms with E-state index in [9.17, 15) is 4.79 Å². The van der Waals surface area contributed by atoms with Crippen molar-refractivity contribution >= 4 is 23.7 Å². The minimum absolute atomic E-state index is 0.0401. The molecule has 0 spiro atoms. The number of carbonyl (C=O) groups is 1. The van der Waals surface area contributed by atoms with Crippen molar-refractivity contribution in [3.8, 4) is 0 Å². The van der Waals surface area contributed by atoms with Gasteiger partial charge in [-0.1, -0.05) is 60.1 Å². The molecule has 0 atom stereocenters. The molecule has 3 N–H and O–H groups in total. The summed E-state index contributed by atoms with van der Waals surface area (Å²) < 4.78 is 0. The van der Waals surface area contributed by atoms with Crippen molar-refractivity contribution in [2.24, 2.45) is 5.10 Å². The van der Waals surface area contributed by atoms with Gasteiger partial charge < -0.3 is 9.80 Å². The minimum atomic E-state index is -0.0401. The van der Waals surface area contributed by atoms with Crippen molar-refractivity contribution in [3.63, 3.8) is 0 Å². The average Bonchev–Trinajstić information content (AvgIpc) is 2.66. The molecule has 0 bridgehead atoms. The van der Waals surface area contributed by atoms with E-state index in [1.165, 1.54) is 15.4 Å². The molecule has 0 saturated carbocycles. The SMILES string of the molecule is O=C(C[NH+]1CC[NH+](Cc2ccccc2Cl)CC1)NN=Cc1ccccc1. The van der Waals surface area contributed by atoms with Crippen LogP contribution in [0.3, 0.4) is 0 Å². The van der Waals surface area contributed by atoms with Crippen molar-refractivity contribution in [1.29, 1.82) is 0 Å². The number of rotatable bonds is 6. The molecule has 0 unspecified atom stereocenters. The average molecular weight is 373 g/mol. The van der Waals surface area contributed by atoms with Crippen LogP contribution in [-0.2, 0) is 11.3 Å². The molecule has 0 radical (unpaired) electrons. The number of nitrogens with zero attached hydrogens (tertiary/aromatic N) is 1. The van der Waals surface area contributed by atoms with E-state index in [4.69, 9.17) is 11.6 Å². The number of hydrogen-bond donors (Lipinski definition) is 3. The summed E-state index contributed by atoms with van der Waals surface area (Å²) in [4.78, 5) is 14.9. The van der Waals surface area contributed by atoms with Crippen molar-refractivity contribution < 1.29 is 14.6 Å². The van der Waals surface area contributed by atoms with Crippen LogP contribution in [0.15, 0.2) is 59.7 Å². The lowest BCUT2D eigenvalue weighted by atomic mass is 10.2. The standard InChI is InChI=1S/C20H23ClN4O/c21-19-9-5-4-8-18(19)15-24-10-12-25(13-11-24)16-20(26)23-22-14-17-6-2-1-3-7-17/h1-9,14H,10-13,15-16H2,(H,23,26)/p+2. The number of quaternary nitrogens is 2. The largest absolute Gasteiger partial charge is 0.322 e. The van der Waals surface area contributed by atoms with E-state index in [-0.39, 0.29) is 5.91 Å². The summed E-state index contributed by atoms with van der Waals surface area (Å²) in [6, 6.07) is 17.8. The third-order valence-corrected chi connectivity index (χ3v) is 5.04. The molecule has 136 valence electrons. The number of halogens is 1. The molecular weight excluding hydrogens is 348 g/mol. The molecule has 5 nitrogen and oxygen atoms in total. The molecule has 1 amide bonds. The fraction of sp³-hybridized carbons (Fsp3) is 0.300. The normalized spacial score (nSPS) is 20.2. The Kier molecular flexibility index (Phi) is 6.77. The summed E-state index contributed by atoms with van der Waals surface area (Å²) in [5, 5.41) is 4.87. The van der Waals surface area contributed by atoms with Crippen molar-refractivity contribution in [2.45, 2.75) is 6.54 Å². The molecule has 1 heterocycles. The minimum Gasteiger partial charge on any atom is -0.322 e. The zero-order valence-electron chi connectivity index (χ0n) is 14.7. The smallest absolute Gasteiger partial charge is 0.295 e. The van der Waals surface area contributed by atoms with Gasteiger partial charge in [0, 0.05) is 10.6 Å². The van der Waals surface area contributed by atoms with Gasteiger partial charge in [-0.25, -0.2) is 5.43 Å². The van der Waals surface area contributed by atoms with Crippen LogP contribution in [-0.4, -0.2) is 44.8 Å². The van der Waals surface area contributed by atoms with Crippen LogP contribution in [0.25, 0.3) is 0 Å². The van der Waals surface area contributed by atoms with Gasteiger partial charge in [-0.3, -0.25) is 4.79 Å². The fourth-order valence-corrected chi connectivity index (χ4v) is 3.41. The molecule has 2 aromatic carbocycles. The Balaban J connectivity index is 1.39. The van der Waals surface area contributed by atoms with E-state index in [1.54, 1.807) is 6.21 Å². The van der Waals surface area contributed by atoms with E-state index >= 15 is 0 Å². The lowest BCUT2D eigenvalue weighted by Gasteiger charge is -2.29. The second kappa shape index (κ2) is 9.48. The fourth-order valence-electron chi connectivity index (χ4n) is 3.21. The number of carbonyl (C=O) groups excluding carboxylic acids is 1. The van der Waals surface area contributed by atoms with E-state index in [0.717, 1.165) is 43.3 Å². The summed E-state index contributed by atoms with van der Waals surface area (Å²) in [7, 11) is 0. The zero-order valence-corrected chi connectivity index (χ0v) is 15.5. The number of benzene rings is 2. The van der Waals surface area contributed by atoms with E-state index in [0.29, 0.717) is 6.54 Å². The molecular formula is C20H25ClN4O+2. The Bertz CT molecular complexity index is 742. The van der Waals surface area contributed by atoms with Gasteiger partial charge in [0.1, 0.15) is 32.7 Å². The predicted octanol–water partition coefficient (Wildman–Crippen LogP) is -0.226. The highest BCUT2D eigenvalue weighted by Gasteiger charge is 2.25. The second-order valence-electron chi connectivity index (χ2n) is 6.65. The maximum absolute atomic E-state index is 12.0. The lowest BCUT2D eigenvalue weighted by molar-refractivity contribution is -1.02. The van der Waals surface area contributed by atoms with Gasteiger partial charge in [-0.15, -0.1) is 0 Å². The Morgan fingerprint density at radius 3 is 2.38 bits per heavy atom. The van der Waals surface area contributed by atoms with E-state index < -0.39 is 0 Å². The van der Waals surface area contributed by atoms with Crippen molar-refractivity contribution in [3.05, 3.63) is 70.7 Å². The second-order valence-corrected chi connectivity index (χ2v) is 7.06. The number of hydrazone groups is 1. The third-order valence-electron chi connectivity index (χ3n) is 4.68. The summed E-state index contributed by atoms with van der Waals surface area (Å²) >= 11 is 6.25. The molecule has 1 aliphatic heterocycles. The van der Waals surface area contributed by atoms with Gasteiger partial charge in [0.05, 0.1) is 6.21 Å². The van der Waals surface area contributed by atoms with Gasteiger partial charge >= 0.3 is 0 Å². The zero-order chi connectivity index (χ0) is 18.2. The summed E-state index contributed by atoms with van der Waals surface area (Å²) in [6.45, 7) is 5.46. The monoisotopic (exact) mass is 372 g/mol. The molecule has 1 saturated heterocycles. The van der Waals surface area contributed by atoms with Gasteiger partial charge in [0.15, 0.2) is 6.54 Å². The summed E-state index contributed by atoms with van der Waals surface area (Å²) in [6.07, 6.45) is 1.67. The summed E-state index contributed by atoms with van der Waals surface area (Å²) in [5.74, 6) is -0.0401. The van der Waals surface area contributed by atoms with Crippen molar-refractivity contribution in [1.82, 2.24) is 5.43 Å². The quantitative estimate of drug-likeness (QED) is 0.476. The van der Waals surface area contributed by atoms with Crippen LogP contribution in [0.1, 0.15) is 11.1 Å². The van der Waals surface area contributed by atoms with Crippen LogP contribution < -0.4 is 15.2 Å². The maximum atomic E-state index is 12.0. The molecule has 1 fully saturated rings. The number of nitrogens with one attached hydrogen (secondary N) is 3. The first-order valence-corrected chi connectivity index (χ1v) is 9.36. The van der Waals surface area contributed by atoms with Crippen LogP contribution >= 0.6 is 11.6 Å². The van der Waals surface area contributed by atoms with E-state index in [1.807, 2.05) is 48.5 Å². The first-order valence-electron chi connectivity index (χ1n) is 8.98. The van der Waals surface area contributed by atoms with Gasteiger partial charge in [0.25, 0.3) is 5.91 Å². The highest BCUT2D eigenvalue weighted by molar-refractivity contribution is 6.31. The molecule has 3 rings (SSSR count). The first kappa shape index (κ1) is 18.6. The maximum Gasteiger partial charge on any atom is 0.295 e. The van der Waals surface area contributed by atoms with Gasteiger partial charge in [-0.05, 0) is 11.6 Å². The predicted molar refractivity (Wildman–Crippen MR) is 104 cm³/mol. The first-order chi connectivity index (χ1) is 12.7. The van der Waals surface area contributed by atoms with Crippen molar-refractivity contribution in [2.75, 3.05) is 32.7 Å². The molecule has 2 aromatic rings. The summed E-state index contributed by atoms with van der Waals surface area (Å²) in [5.41, 5.74) is 4.79. The number of hydrogen-bond acceptors (Lipinski definition) is 2. The van der Waals surface area contributed by atoms with Crippen LogP contribution in [0.2, 0.25) is 5.02 Å². The molecule has 1 aliphatic rings. The van der Waals surface area contributed by atoms with Crippen LogP contribution in [0.4, 0.5) is 0 Å². The lowest BCUT2D eigenvalue weighted by Crippen LogP contribution is -3.28.